The van der Waals surface area contributed by atoms with Gasteiger partial charge < -0.3 is 5.11 Å². The predicted octanol–water partition coefficient (Wildman–Crippen LogP) is 3.38. The first kappa shape index (κ1) is 17.7. The van der Waals surface area contributed by atoms with Gasteiger partial charge in [0, 0.05) is 17.2 Å². The molecule has 28 heavy (non-hydrogen) atoms. The van der Waals surface area contributed by atoms with Crippen LogP contribution < -0.4 is 11.1 Å². The van der Waals surface area contributed by atoms with Crippen LogP contribution in [0.15, 0.2) is 88.5 Å². The summed E-state index contributed by atoms with van der Waals surface area (Å²) < 4.78 is 0.889. The van der Waals surface area contributed by atoms with E-state index in [1.165, 1.54) is 0 Å². The standard InChI is InChI=1S/C23H17NO4/c25-21-18-12-6-4-10-16(18)17-11-5-7-13-19(17)22(26)24(21)20(23(27)28)14-15-8-2-1-3-9-15/h1-13,20H,14H2,(H,27,28). The topological polar surface area (TPSA) is 76.4 Å². The van der Waals surface area contributed by atoms with E-state index in [9.17, 15) is 19.5 Å². The Morgan fingerprint density at radius 1 is 0.714 bits per heavy atom. The van der Waals surface area contributed by atoms with Crippen molar-refractivity contribution in [2.75, 3.05) is 0 Å². The molecule has 1 heterocycles. The van der Waals surface area contributed by atoms with Crippen LogP contribution in [0.4, 0.5) is 0 Å². The van der Waals surface area contributed by atoms with Crippen molar-refractivity contribution in [1.29, 1.82) is 0 Å². The molecule has 0 amide bonds. The van der Waals surface area contributed by atoms with Crippen LogP contribution in [0.5, 0.6) is 0 Å². The average Bonchev–Trinajstić information content (AvgIpc) is 2.81. The molecule has 0 spiro atoms. The molecule has 1 aromatic heterocycles. The quantitative estimate of drug-likeness (QED) is 0.597. The SMILES string of the molecule is O=C(O)C(Cc1ccccc1)n1c(=O)c2ccccc2c2ccccc2c1=O. The number of carboxylic acid groups (broad SMARTS) is 1. The Kier molecular flexibility index (Phi) is 4.49. The van der Waals surface area contributed by atoms with Crippen LogP contribution in [0.3, 0.4) is 0 Å². The molecule has 5 nitrogen and oxygen atoms in total. The van der Waals surface area contributed by atoms with E-state index in [4.69, 9.17) is 0 Å². The fourth-order valence-electron chi connectivity index (χ4n) is 3.57. The van der Waals surface area contributed by atoms with Crippen molar-refractivity contribution in [3.63, 3.8) is 0 Å². The van der Waals surface area contributed by atoms with Crippen LogP contribution in [0.2, 0.25) is 0 Å². The Bertz CT molecular complexity index is 1240. The zero-order chi connectivity index (χ0) is 19.7. The molecular formula is C23H17NO4. The molecule has 0 saturated carbocycles. The third kappa shape index (κ3) is 2.97. The number of benzene rings is 3. The Morgan fingerprint density at radius 2 is 1.14 bits per heavy atom. The summed E-state index contributed by atoms with van der Waals surface area (Å²) in [6.45, 7) is 0. The first-order valence-corrected chi connectivity index (χ1v) is 8.91. The van der Waals surface area contributed by atoms with Crippen LogP contribution in [0.1, 0.15) is 11.6 Å². The molecule has 4 rings (SSSR count). The summed E-state index contributed by atoms with van der Waals surface area (Å²) in [6, 6.07) is 21.5. The van der Waals surface area contributed by atoms with Gasteiger partial charge in [0.1, 0.15) is 6.04 Å². The summed E-state index contributed by atoms with van der Waals surface area (Å²) in [7, 11) is 0. The molecule has 0 aliphatic rings. The van der Waals surface area contributed by atoms with E-state index < -0.39 is 23.1 Å². The molecule has 138 valence electrons. The van der Waals surface area contributed by atoms with Gasteiger partial charge in [-0.25, -0.2) is 4.79 Å². The van der Waals surface area contributed by atoms with Gasteiger partial charge in [0.25, 0.3) is 11.1 Å². The minimum absolute atomic E-state index is 0.0397. The maximum absolute atomic E-state index is 13.3. The fourth-order valence-corrected chi connectivity index (χ4v) is 3.57. The third-order valence-electron chi connectivity index (χ3n) is 4.91. The molecule has 0 bridgehead atoms. The number of aliphatic carboxylic acids is 1. The van der Waals surface area contributed by atoms with Crippen LogP contribution >= 0.6 is 0 Å². The molecule has 0 fully saturated rings. The number of fused-ring (bicyclic) bond motifs is 3. The summed E-state index contributed by atoms with van der Waals surface area (Å²) in [4.78, 5) is 38.7. The number of nitrogens with zero attached hydrogens (tertiary/aromatic N) is 1. The summed E-state index contributed by atoms with van der Waals surface area (Å²) >= 11 is 0. The van der Waals surface area contributed by atoms with E-state index in [-0.39, 0.29) is 6.42 Å². The number of carboxylic acids is 1. The monoisotopic (exact) mass is 371 g/mol. The van der Waals surface area contributed by atoms with Crippen molar-refractivity contribution in [2.45, 2.75) is 12.5 Å². The lowest BCUT2D eigenvalue weighted by Gasteiger charge is -2.14. The number of carbonyl (C=O) groups is 1. The summed E-state index contributed by atoms with van der Waals surface area (Å²) in [5.41, 5.74) is -0.457. The molecule has 0 radical (unpaired) electrons. The molecule has 1 N–H and O–H groups in total. The van der Waals surface area contributed by atoms with E-state index in [1.54, 1.807) is 72.8 Å². The van der Waals surface area contributed by atoms with E-state index in [0.717, 1.165) is 10.1 Å². The number of hydrogen-bond acceptors (Lipinski definition) is 3. The van der Waals surface area contributed by atoms with E-state index in [0.29, 0.717) is 21.5 Å². The van der Waals surface area contributed by atoms with E-state index >= 15 is 0 Å². The molecule has 3 aromatic carbocycles. The normalized spacial score (nSPS) is 12.1. The second kappa shape index (κ2) is 7.12. The Balaban J connectivity index is 2.11. The van der Waals surface area contributed by atoms with E-state index in [1.807, 2.05) is 6.07 Å². The van der Waals surface area contributed by atoms with Gasteiger partial charge in [-0.05, 0) is 28.5 Å². The maximum Gasteiger partial charge on any atom is 0.327 e. The number of rotatable bonds is 4. The fraction of sp³-hybridized carbons (Fsp3) is 0.0870. The van der Waals surface area contributed by atoms with Gasteiger partial charge in [0.2, 0.25) is 0 Å². The first-order chi connectivity index (χ1) is 13.6. The van der Waals surface area contributed by atoms with Crippen LogP contribution in [0.25, 0.3) is 21.5 Å². The second-order valence-corrected chi connectivity index (χ2v) is 6.62. The summed E-state index contributed by atoms with van der Waals surface area (Å²) in [5, 5.41) is 11.8. The minimum atomic E-state index is -1.30. The third-order valence-corrected chi connectivity index (χ3v) is 4.91. The van der Waals surface area contributed by atoms with Crippen molar-refractivity contribution in [3.8, 4) is 0 Å². The highest BCUT2D eigenvalue weighted by atomic mass is 16.4. The summed E-state index contributed by atoms with van der Waals surface area (Å²) in [5.74, 6) is -1.22. The maximum atomic E-state index is 13.3. The van der Waals surface area contributed by atoms with Crippen molar-refractivity contribution >= 4 is 27.5 Å². The first-order valence-electron chi connectivity index (χ1n) is 8.91. The zero-order valence-electron chi connectivity index (χ0n) is 14.9. The molecule has 0 aliphatic heterocycles. The molecule has 4 aromatic rings. The van der Waals surface area contributed by atoms with Gasteiger partial charge in [0.05, 0.1) is 0 Å². The number of aromatic nitrogens is 1. The molecule has 5 heteroatoms. The van der Waals surface area contributed by atoms with Gasteiger partial charge in [-0.15, -0.1) is 0 Å². The van der Waals surface area contributed by atoms with Crippen LogP contribution in [0, 0.1) is 0 Å². The lowest BCUT2D eigenvalue weighted by atomic mass is 10.1. The molecular weight excluding hydrogens is 354 g/mol. The van der Waals surface area contributed by atoms with Gasteiger partial charge in [-0.1, -0.05) is 66.7 Å². The molecule has 0 aliphatic carbocycles. The van der Waals surface area contributed by atoms with E-state index in [2.05, 4.69) is 0 Å². The second-order valence-electron chi connectivity index (χ2n) is 6.62. The smallest absolute Gasteiger partial charge is 0.327 e. The molecule has 0 saturated heterocycles. The number of hydrogen-bond donors (Lipinski definition) is 1. The van der Waals surface area contributed by atoms with Gasteiger partial charge in [0.15, 0.2) is 0 Å². The highest BCUT2D eigenvalue weighted by Gasteiger charge is 2.25. The predicted molar refractivity (Wildman–Crippen MR) is 109 cm³/mol. The van der Waals surface area contributed by atoms with Crippen molar-refractivity contribution in [2.24, 2.45) is 0 Å². The minimum Gasteiger partial charge on any atom is -0.480 e. The van der Waals surface area contributed by atoms with Crippen molar-refractivity contribution in [3.05, 3.63) is 105 Å². The van der Waals surface area contributed by atoms with Gasteiger partial charge in [-0.2, -0.15) is 0 Å². The highest BCUT2D eigenvalue weighted by Crippen LogP contribution is 2.21. The lowest BCUT2D eigenvalue weighted by Crippen LogP contribution is -2.38. The van der Waals surface area contributed by atoms with Crippen molar-refractivity contribution < 1.29 is 9.90 Å². The Labute approximate surface area is 160 Å². The zero-order valence-corrected chi connectivity index (χ0v) is 14.9. The Morgan fingerprint density at radius 3 is 1.61 bits per heavy atom. The van der Waals surface area contributed by atoms with Crippen LogP contribution in [-0.4, -0.2) is 15.6 Å². The largest absolute Gasteiger partial charge is 0.480 e. The van der Waals surface area contributed by atoms with Crippen molar-refractivity contribution in [1.82, 2.24) is 4.57 Å². The average molecular weight is 371 g/mol. The Hall–Kier alpha value is -3.73. The van der Waals surface area contributed by atoms with Gasteiger partial charge >= 0.3 is 5.97 Å². The highest BCUT2D eigenvalue weighted by molar-refractivity contribution is 6.05. The molecule has 1 atom stereocenters. The van der Waals surface area contributed by atoms with Gasteiger partial charge in [-0.3, -0.25) is 14.2 Å². The lowest BCUT2D eigenvalue weighted by molar-refractivity contribution is -0.141. The molecule has 1 unspecified atom stereocenters. The summed E-state index contributed by atoms with van der Waals surface area (Å²) in [6.07, 6.45) is 0.0397. The van der Waals surface area contributed by atoms with Crippen LogP contribution in [-0.2, 0) is 11.2 Å².